The van der Waals surface area contributed by atoms with Gasteiger partial charge in [-0.25, -0.2) is 19.5 Å². The summed E-state index contributed by atoms with van der Waals surface area (Å²) >= 11 is 0. The summed E-state index contributed by atoms with van der Waals surface area (Å²) in [6, 6.07) is 1.01. The Morgan fingerprint density at radius 2 is 1.79 bits per heavy atom. The van der Waals surface area contributed by atoms with E-state index in [1.807, 2.05) is 0 Å². The van der Waals surface area contributed by atoms with Crippen LogP contribution in [0.1, 0.15) is 39.3 Å². The molecule has 2 fully saturated rings. The number of piperidine rings is 1. The van der Waals surface area contributed by atoms with Crippen LogP contribution in [0.3, 0.4) is 0 Å². The van der Waals surface area contributed by atoms with Crippen molar-refractivity contribution < 1.29 is 32.3 Å². The SMILES string of the molecule is CC(C)(C)OC(=O)N1CCC2(CC1)NC(=O)N(c1ccc(C(F)(F)F)nc1)C2=O. The van der Waals surface area contributed by atoms with Gasteiger partial charge in [-0.05, 0) is 45.7 Å². The molecule has 0 unspecified atom stereocenters. The Labute approximate surface area is 165 Å². The number of hydrogen-bond acceptors (Lipinski definition) is 5. The number of urea groups is 1. The van der Waals surface area contributed by atoms with E-state index < -0.39 is 41.0 Å². The summed E-state index contributed by atoms with van der Waals surface area (Å²) in [6.07, 6.45) is -3.95. The molecule has 1 aromatic rings. The number of hydrogen-bond donors (Lipinski definition) is 1. The number of ether oxygens (including phenoxy) is 1. The number of alkyl halides is 3. The number of carbonyl (C=O) groups is 3. The average molecular weight is 414 g/mol. The quantitative estimate of drug-likeness (QED) is 0.714. The molecular weight excluding hydrogens is 393 g/mol. The maximum absolute atomic E-state index is 12.9. The summed E-state index contributed by atoms with van der Waals surface area (Å²) in [5, 5.41) is 2.63. The van der Waals surface area contributed by atoms with Crippen molar-refractivity contribution >= 4 is 23.7 Å². The van der Waals surface area contributed by atoms with Gasteiger partial charge >= 0.3 is 18.3 Å². The van der Waals surface area contributed by atoms with E-state index >= 15 is 0 Å². The van der Waals surface area contributed by atoms with Gasteiger partial charge in [0.1, 0.15) is 16.8 Å². The highest BCUT2D eigenvalue weighted by Crippen LogP contribution is 2.34. The smallest absolute Gasteiger partial charge is 0.433 e. The third-order valence-electron chi connectivity index (χ3n) is 4.73. The minimum atomic E-state index is -4.62. The van der Waals surface area contributed by atoms with Gasteiger partial charge < -0.3 is 15.0 Å². The summed E-state index contributed by atoms with van der Waals surface area (Å²) in [5.74, 6) is -0.576. The largest absolute Gasteiger partial charge is 0.444 e. The molecule has 158 valence electrons. The first-order valence-corrected chi connectivity index (χ1v) is 9.00. The van der Waals surface area contributed by atoms with Gasteiger partial charge in [0.25, 0.3) is 5.91 Å². The molecule has 1 N–H and O–H groups in total. The summed E-state index contributed by atoms with van der Waals surface area (Å²) < 4.78 is 43.3. The number of anilines is 1. The number of aromatic nitrogens is 1. The van der Waals surface area contributed by atoms with Crippen molar-refractivity contribution in [2.24, 2.45) is 0 Å². The minimum absolute atomic E-state index is 0.0491. The van der Waals surface area contributed by atoms with E-state index in [1.165, 1.54) is 4.90 Å². The van der Waals surface area contributed by atoms with Crippen LogP contribution in [0, 0.1) is 0 Å². The molecule has 0 atom stereocenters. The zero-order chi connectivity index (χ0) is 21.6. The summed E-state index contributed by atoms with van der Waals surface area (Å²) in [7, 11) is 0. The fourth-order valence-electron chi connectivity index (χ4n) is 3.28. The number of halogens is 3. The second-order valence-electron chi connectivity index (χ2n) is 8.02. The van der Waals surface area contributed by atoms with Crippen molar-refractivity contribution in [3.05, 3.63) is 24.0 Å². The van der Waals surface area contributed by atoms with Gasteiger partial charge in [0.15, 0.2) is 0 Å². The molecule has 2 aliphatic heterocycles. The Morgan fingerprint density at radius 1 is 1.17 bits per heavy atom. The number of pyridine rings is 1. The van der Waals surface area contributed by atoms with E-state index in [4.69, 9.17) is 4.74 Å². The second-order valence-corrected chi connectivity index (χ2v) is 8.02. The van der Waals surface area contributed by atoms with E-state index in [2.05, 4.69) is 10.3 Å². The first kappa shape index (κ1) is 20.9. The van der Waals surface area contributed by atoms with Gasteiger partial charge in [0.05, 0.1) is 11.9 Å². The highest BCUT2D eigenvalue weighted by atomic mass is 19.4. The molecule has 4 amide bonds. The molecule has 29 heavy (non-hydrogen) atoms. The van der Waals surface area contributed by atoms with Gasteiger partial charge in [-0.3, -0.25) is 4.79 Å². The van der Waals surface area contributed by atoms with Crippen molar-refractivity contribution in [1.82, 2.24) is 15.2 Å². The van der Waals surface area contributed by atoms with Gasteiger partial charge in [0, 0.05) is 13.1 Å². The number of likely N-dealkylation sites (tertiary alicyclic amines) is 1. The van der Waals surface area contributed by atoms with Crippen molar-refractivity contribution in [3.8, 4) is 0 Å². The zero-order valence-electron chi connectivity index (χ0n) is 16.2. The van der Waals surface area contributed by atoms with Crippen molar-refractivity contribution in [2.45, 2.75) is 50.9 Å². The average Bonchev–Trinajstić information content (AvgIpc) is 2.83. The summed E-state index contributed by atoms with van der Waals surface area (Å²) in [5.41, 5.74) is -3.03. The Morgan fingerprint density at radius 3 is 2.28 bits per heavy atom. The molecule has 1 aromatic heterocycles. The molecule has 8 nitrogen and oxygen atoms in total. The molecule has 0 saturated carbocycles. The van der Waals surface area contributed by atoms with Gasteiger partial charge in [-0.15, -0.1) is 0 Å². The number of imide groups is 1. The lowest BCUT2D eigenvalue weighted by molar-refractivity contribution is -0.141. The van der Waals surface area contributed by atoms with Crippen LogP contribution in [0.2, 0.25) is 0 Å². The summed E-state index contributed by atoms with van der Waals surface area (Å²) in [6.45, 7) is 5.62. The first-order valence-electron chi connectivity index (χ1n) is 9.00. The molecule has 2 aliphatic rings. The molecule has 0 aliphatic carbocycles. The maximum atomic E-state index is 12.9. The van der Waals surface area contributed by atoms with Crippen LogP contribution in [0.5, 0.6) is 0 Å². The first-order chi connectivity index (χ1) is 13.3. The van der Waals surface area contributed by atoms with E-state index in [0.29, 0.717) is 6.07 Å². The molecule has 11 heteroatoms. The number of carbonyl (C=O) groups excluding carboxylic acids is 3. The molecular formula is C18H21F3N4O4. The Kier molecular flexibility index (Phi) is 4.96. The van der Waals surface area contributed by atoms with E-state index in [-0.39, 0.29) is 31.6 Å². The lowest BCUT2D eigenvalue weighted by Crippen LogP contribution is -2.56. The Balaban J connectivity index is 1.72. The molecule has 0 radical (unpaired) electrons. The minimum Gasteiger partial charge on any atom is -0.444 e. The van der Waals surface area contributed by atoms with E-state index in [0.717, 1.165) is 17.2 Å². The standard InChI is InChI=1S/C18H21F3N4O4/c1-16(2,3)29-15(28)24-8-6-17(7-9-24)13(26)25(14(27)23-17)11-4-5-12(22-10-11)18(19,20)21/h4-5,10H,6-9H2,1-3H3,(H,23,27). The normalized spacial score (nSPS) is 19.5. The zero-order valence-corrected chi connectivity index (χ0v) is 16.2. The van der Waals surface area contributed by atoms with E-state index in [9.17, 15) is 27.6 Å². The van der Waals surface area contributed by atoms with Crippen molar-refractivity contribution in [2.75, 3.05) is 18.0 Å². The van der Waals surface area contributed by atoms with Crippen LogP contribution in [0.25, 0.3) is 0 Å². The third-order valence-corrected chi connectivity index (χ3v) is 4.73. The predicted octanol–water partition coefficient (Wildman–Crippen LogP) is 2.93. The Bertz CT molecular complexity index is 825. The third kappa shape index (κ3) is 4.13. The van der Waals surface area contributed by atoms with E-state index in [1.54, 1.807) is 20.8 Å². The number of amides is 4. The van der Waals surface area contributed by atoms with Crippen LogP contribution in [-0.2, 0) is 15.7 Å². The number of nitrogens with zero attached hydrogens (tertiary/aromatic N) is 3. The lowest BCUT2D eigenvalue weighted by Gasteiger charge is -2.37. The van der Waals surface area contributed by atoms with Gasteiger partial charge in [-0.2, -0.15) is 13.2 Å². The molecule has 1 spiro atoms. The molecule has 3 rings (SSSR count). The molecule has 0 aromatic carbocycles. The highest BCUT2D eigenvalue weighted by Gasteiger charge is 2.53. The fourth-order valence-corrected chi connectivity index (χ4v) is 3.28. The van der Waals surface area contributed by atoms with Gasteiger partial charge in [0.2, 0.25) is 0 Å². The van der Waals surface area contributed by atoms with Crippen LogP contribution >= 0.6 is 0 Å². The molecule has 0 bridgehead atoms. The topological polar surface area (TPSA) is 91.8 Å². The van der Waals surface area contributed by atoms with Crippen molar-refractivity contribution in [3.63, 3.8) is 0 Å². The maximum Gasteiger partial charge on any atom is 0.433 e. The molecule has 2 saturated heterocycles. The number of nitrogens with one attached hydrogen (secondary N) is 1. The van der Waals surface area contributed by atoms with Gasteiger partial charge in [-0.1, -0.05) is 0 Å². The fraction of sp³-hybridized carbons (Fsp3) is 0.556. The van der Waals surface area contributed by atoms with Crippen molar-refractivity contribution in [1.29, 1.82) is 0 Å². The highest BCUT2D eigenvalue weighted by molar-refractivity contribution is 6.23. The number of rotatable bonds is 1. The van der Waals surface area contributed by atoms with Crippen LogP contribution in [0.4, 0.5) is 28.4 Å². The second kappa shape index (κ2) is 6.89. The Hall–Kier alpha value is -2.85. The molecule has 3 heterocycles. The predicted molar refractivity (Wildman–Crippen MR) is 95.0 cm³/mol. The summed E-state index contributed by atoms with van der Waals surface area (Å²) in [4.78, 5) is 43.0. The van der Waals surface area contributed by atoms with Crippen LogP contribution in [-0.4, -0.2) is 52.1 Å². The lowest BCUT2D eigenvalue weighted by atomic mass is 9.87. The van der Waals surface area contributed by atoms with Crippen LogP contribution in [0.15, 0.2) is 18.3 Å². The monoisotopic (exact) mass is 414 g/mol. The van der Waals surface area contributed by atoms with Crippen LogP contribution < -0.4 is 10.2 Å².